The lowest BCUT2D eigenvalue weighted by molar-refractivity contribution is -0.121. The van der Waals surface area contributed by atoms with E-state index < -0.39 is 0 Å². The molecule has 0 aliphatic rings. The van der Waals surface area contributed by atoms with E-state index in [1.54, 1.807) is 0 Å². The second-order valence-corrected chi connectivity index (χ2v) is 6.99. The van der Waals surface area contributed by atoms with Gasteiger partial charge >= 0.3 is 0 Å². The molecule has 148 valence electrons. The third kappa shape index (κ3) is 9.84. The SMILES string of the molecule is CCNC(=NCC(=O)NC(C)(C)C)NCCOc1c(C)cccc1C.I. The van der Waals surface area contributed by atoms with E-state index in [0.29, 0.717) is 19.1 Å². The molecule has 0 radical (unpaired) electrons. The summed E-state index contributed by atoms with van der Waals surface area (Å²) < 4.78 is 5.86. The van der Waals surface area contributed by atoms with Crippen LogP contribution in [0.2, 0.25) is 0 Å². The van der Waals surface area contributed by atoms with Crippen LogP contribution >= 0.6 is 24.0 Å². The number of carbonyl (C=O) groups is 1. The van der Waals surface area contributed by atoms with E-state index in [1.165, 1.54) is 0 Å². The largest absolute Gasteiger partial charge is 0.491 e. The van der Waals surface area contributed by atoms with Crippen molar-refractivity contribution in [3.05, 3.63) is 29.3 Å². The highest BCUT2D eigenvalue weighted by Gasteiger charge is 2.13. The summed E-state index contributed by atoms with van der Waals surface area (Å²) in [5.41, 5.74) is 2.00. The molecule has 3 N–H and O–H groups in total. The zero-order valence-electron chi connectivity index (χ0n) is 16.7. The summed E-state index contributed by atoms with van der Waals surface area (Å²) in [6.45, 7) is 13.8. The van der Waals surface area contributed by atoms with Crippen LogP contribution < -0.4 is 20.7 Å². The van der Waals surface area contributed by atoms with Gasteiger partial charge in [-0.25, -0.2) is 4.99 Å². The van der Waals surface area contributed by atoms with Gasteiger partial charge < -0.3 is 20.7 Å². The van der Waals surface area contributed by atoms with Crippen LogP contribution in [0.3, 0.4) is 0 Å². The van der Waals surface area contributed by atoms with E-state index in [9.17, 15) is 4.79 Å². The van der Waals surface area contributed by atoms with E-state index in [-0.39, 0.29) is 42.0 Å². The highest BCUT2D eigenvalue weighted by atomic mass is 127. The normalized spacial score (nSPS) is 11.4. The first-order valence-corrected chi connectivity index (χ1v) is 8.75. The molecule has 0 saturated carbocycles. The molecule has 0 saturated heterocycles. The lowest BCUT2D eigenvalue weighted by atomic mass is 10.1. The van der Waals surface area contributed by atoms with Crippen LogP contribution in [0, 0.1) is 13.8 Å². The number of para-hydroxylation sites is 1. The predicted molar refractivity (Wildman–Crippen MR) is 119 cm³/mol. The molecule has 1 amide bonds. The van der Waals surface area contributed by atoms with Crippen LogP contribution in [0.4, 0.5) is 0 Å². The number of rotatable bonds is 7. The van der Waals surface area contributed by atoms with Crippen LogP contribution in [0.15, 0.2) is 23.2 Å². The van der Waals surface area contributed by atoms with Gasteiger partial charge in [-0.15, -0.1) is 24.0 Å². The number of nitrogens with one attached hydrogen (secondary N) is 3. The molecule has 1 rings (SSSR count). The van der Waals surface area contributed by atoms with E-state index in [1.807, 2.05) is 59.7 Å². The fourth-order valence-corrected chi connectivity index (χ4v) is 2.30. The van der Waals surface area contributed by atoms with Crippen molar-refractivity contribution >= 4 is 35.8 Å². The maximum atomic E-state index is 11.9. The monoisotopic (exact) mass is 476 g/mol. The molecule has 1 aromatic rings. The number of halogens is 1. The van der Waals surface area contributed by atoms with Gasteiger partial charge in [0.25, 0.3) is 0 Å². The molecule has 0 aliphatic heterocycles. The maximum Gasteiger partial charge on any atom is 0.242 e. The number of benzene rings is 1. The minimum Gasteiger partial charge on any atom is -0.491 e. The minimum atomic E-state index is -0.252. The summed E-state index contributed by atoms with van der Waals surface area (Å²) in [5.74, 6) is 1.43. The van der Waals surface area contributed by atoms with Crippen molar-refractivity contribution in [2.24, 2.45) is 4.99 Å². The Morgan fingerprint density at radius 3 is 2.31 bits per heavy atom. The third-order valence-corrected chi connectivity index (χ3v) is 3.29. The fourth-order valence-electron chi connectivity index (χ4n) is 2.30. The van der Waals surface area contributed by atoms with Crippen LogP contribution in [-0.2, 0) is 4.79 Å². The number of hydrogen-bond donors (Lipinski definition) is 3. The lowest BCUT2D eigenvalue weighted by Gasteiger charge is -2.20. The third-order valence-electron chi connectivity index (χ3n) is 3.29. The fraction of sp³-hybridized carbons (Fsp3) is 0.579. The number of guanidine groups is 1. The predicted octanol–water partition coefficient (Wildman–Crippen LogP) is 2.77. The second kappa shape index (κ2) is 12.0. The summed E-state index contributed by atoms with van der Waals surface area (Å²) >= 11 is 0. The number of amides is 1. The quantitative estimate of drug-likeness (QED) is 0.245. The van der Waals surface area contributed by atoms with Gasteiger partial charge in [-0.2, -0.15) is 0 Å². The molecule has 0 spiro atoms. The van der Waals surface area contributed by atoms with E-state index in [2.05, 4.69) is 20.9 Å². The van der Waals surface area contributed by atoms with E-state index >= 15 is 0 Å². The first-order valence-electron chi connectivity index (χ1n) is 8.75. The van der Waals surface area contributed by atoms with E-state index in [4.69, 9.17) is 4.74 Å². The highest BCUT2D eigenvalue weighted by Crippen LogP contribution is 2.21. The Morgan fingerprint density at radius 1 is 1.15 bits per heavy atom. The Balaban J connectivity index is 0.00000625. The van der Waals surface area contributed by atoms with Crippen LogP contribution in [0.25, 0.3) is 0 Å². The van der Waals surface area contributed by atoms with Crippen molar-refractivity contribution in [1.29, 1.82) is 0 Å². The number of nitrogens with zero attached hydrogens (tertiary/aromatic N) is 1. The topological polar surface area (TPSA) is 74.8 Å². The van der Waals surface area contributed by atoms with Gasteiger partial charge in [0.2, 0.25) is 5.91 Å². The Kier molecular flexibility index (Phi) is 11.3. The average Bonchev–Trinajstić information content (AvgIpc) is 2.49. The molecular weight excluding hydrogens is 443 g/mol. The van der Waals surface area contributed by atoms with Crippen molar-refractivity contribution < 1.29 is 9.53 Å². The Labute approximate surface area is 174 Å². The number of aliphatic imine (C=N–C) groups is 1. The molecule has 1 aromatic carbocycles. The van der Waals surface area contributed by atoms with Crippen molar-refractivity contribution in [3.8, 4) is 5.75 Å². The van der Waals surface area contributed by atoms with Gasteiger partial charge in [0, 0.05) is 12.1 Å². The van der Waals surface area contributed by atoms with Gasteiger partial charge in [-0.3, -0.25) is 4.79 Å². The molecule has 0 atom stereocenters. The molecular formula is C19H33IN4O2. The van der Waals surface area contributed by atoms with Crippen LogP contribution in [0.1, 0.15) is 38.8 Å². The van der Waals surface area contributed by atoms with Crippen molar-refractivity contribution in [2.75, 3.05) is 26.2 Å². The molecule has 0 aromatic heterocycles. The summed E-state index contributed by atoms with van der Waals surface area (Å²) in [4.78, 5) is 16.2. The van der Waals surface area contributed by atoms with E-state index in [0.717, 1.165) is 23.4 Å². The second-order valence-electron chi connectivity index (χ2n) is 6.99. The Bertz CT molecular complexity index is 577. The minimum absolute atomic E-state index is 0. The molecule has 0 fully saturated rings. The average molecular weight is 476 g/mol. The van der Waals surface area contributed by atoms with Gasteiger partial charge in [0.15, 0.2) is 5.96 Å². The zero-order chi connectivity index (χ0) is 18.9. The number of aryl methyl sites for hydroxylation is 2. The molecule has 26 heavy (non-hydrogen) atoms. The van der Waals surface area contributed by atoms with Gasteiger partial charge in [-0.05, 0) is 52.7 Å². The van der Waals surface area contributed by atoms with Crippen LogP contribution in [0.5, 0.6) is 5.75 Å². The molecule has 0 aliphatic carbocycles. The summed E-state index contributed by atoms with van der Waals surface area (Å²) in [7, 11) is 0. The Hall–Kier alpha value is -1.51. The lowest BCUT2D eigenvalue weighted by Crippen LogP contribution is -2.43. The van der Waals surface area contributed by atoms with Gasteiger partial charge in [0.05, 0.1) is 6.54 Å². The summed E-state index contributed by atoms with van der Waals surface area (Å²) in [6.07, 6.45) is 0. The molecule has 0 heterocycles. The first-order chi connectivity index (χ1) is 11.7. The van der Waals surface area contributed by atoms with Gasteiger partial charge in [-0.1, -0.05) is 18.2 Å². The maximum absolute atomic E-state index is 11.9. The standard InChI is InChI=1S/C19H32N4O2.HI/c1-7-20-18(22-13-16(24)23-19(4,5)6)21-11-12-25-17-14(2)9-8-10-15(17)3;/h8-10H,7,11-13H2,1-6H3,(H,23,24)(H2,20,21,22);1H. The van der Waals surface area contributed by atoms with Crippen molar-refractivity contribution in [2.45, 2.75) is 47.1 Å². The molecule has 0 bridgehead atoms. The van der Waals surface area contributed by atoms with Crippen LogP contribution in [-0.4, -0.2) is 43.6 Å². The van der Waals surface area contributed by atoms with Crippen molar-refractivity contribution in [3.63, 3.8) is 0 Å². The summed E-state index contributed by atoms with van der Waals surface area (Å²) in [5, 5.41) is 9.20. The number of carbonyl (C=O) groups excluding carboxylic acids is 1. The molecule has 0 unspecified atom stereocenters. The Morgan fingerprint density at radius 2 is 1.77 bits per heavy atom. The van der Waals surface area contributed by atoms with Crippen molar-refractivity contribution in [1.82, 2.24) is 16.0 Å². The number of hydrogen-bond acceptors (Lipinski definition) is 3. The first kappa shape index (κ1) is 24.5. The molecule has 7 heteroatoms. The van der Waals surface area contributed by atoms with Gasteiger partial charge in [0.1, 0.15) is 18.9 Å². The smallest absolute Gasteiger partial charge is 0.242 e. The zero-order valence-corrected chi connectivity index (χ0v) is 19.1. The molecule has 6 nitrogen and oxygen atoms in total. The number of ether oxygens (including phenoxy) is 1. The summed E-state index contributed by atoms with van der Waals surface area (Å²) in [6, 6.07) is 6.10. The highest BCUT2D eigenvalue weighted by molar-refractivity contribution is 14.0.